The molecule has 0 spiro atoms. The number of carbonyl (C=O) groups excluding carboxylic acids is 1. The lowest BCUT2D eigenvalue weighted by Gasteiger charge is -2.17. The Hall–Kier alpha value is -1.39. The van der Waals surface area contributed by atoms with Crippen LogP contribution in [-0.2, 0) is 0 Å². The number of amides is 1. The number of benzene rings is 1. The van der Waals surface area contributed by atoms with Gasteiger partial charge in [0.1, 0.15) is 6.23 Å². The van der Waals surface area contributed by atoms with E-state index < -0.39 is 6.23 Å². The van der Waals surface area contributed by atoms with E-state index in [0.717, 1.165) is 0 Å². The zero-order valence-electron chi connectivity index (χ0n) is 11.4. The molecule has 4 nitrogen and oxygen atoms in total. The summed E-state index contributed by atoms with van der Waals surface area (Å²) in [6.07, 6.45) is -0.753. The fourth-order valence-corrected chi connectivity index (χ4v) is 1.61. The highest BCUT2D eigenvalue weighted by atomic mass is 16.3. The minimum absolute atomic E-state index is 0.0971. The van der Waals surface area contributed by atoms with Crippen molar-refractivity contribution in [3.63, 3.8) is 0 Å². The molecule has 1 rings (SSSR count). The lowest BCUT2D eigenvalue weighted by molar-refractivity contribution is 0.0942. The van der Waals surface area contributed by atoms with Crippen LogP contribution in [0.15, 0.2) is 24.3 Å². The predicted molar refractivity (Wildman–Crippen MR) is 72.3 cm³/mol. The Morgan fingerprint density at radius 1 is 1.17 bits per heavy atom. The molecule has 0 radical (unpaired) electrons. The lowest BCUT2D eigenvalue weighted by atomic mass is 10.1. The Morgan fingerprint density at radius 2 is 1.83 bits per heavy atom. The third-order valence-corrected chi connectivity index (χ3v) is 2.38. The van der Waals surface area contributed by atoms with Crippen LogP contribution in [0.5, 0.6) is 0 Å². The van der Waals surface area contributed by atoms with Crippen LogP contribution in [0, 0.1) is 0 Å². The Morgan fingerprint density at radius 3 is 2.39 bits per heavy atom. The summed E-state index contributed by atoms with van der Waals surface area (Å²) in [4.78, 5) is 11.8. The van der Waals surface area contributed by atoms with Crippen molar-refractivity contribution < 1.29 is 9.90 Å². The molecule has 0 aliphatic heterocycles. The van der Waals surface area contributed by atoms with Crippen LogP contribution >= 0.6 is 0 Å². The van der Waals surface area contributed by atoms with Crippen LogP contribution in [0.2, 0.25) is 0 Å². The molecule has 0 saturated carbocycles. The topological polar surface area (TPSA) is 61.4 Å². The number of carbonyl (C=O) groups is 1. The first-order chi connectivity index (χ1) is 8.40. The SMILES string of the molecule is CC(C)NC(=O)c1cccc(C(O)NC(C)C)c1. The quantitative estimate of drug-likeness (QED) is 0.698. The second-order valence-electron chi connectivity index (χ2n) is 4.98. The third-order valence-electron chi connectivity index (χ3n) is 2.38. The molecule has 100 valence electrons. The molecule has 0 heterocycles. The first-order valence-electron chi connectivity index (χ1n) is 6.25. The highest BCUT2D eigenvalue weighted by Crippen LogP contribution is 2.13. The predicted octanol–water partition coefficient (Wildman–Crippen LogP) is 1.81. The van der Waals surface area contributed by atoms with Crippen LogP contribution in [0.4, 0.5) is 0 Å². The molecule has 1 unspecified atom stereocenters. The van der Waals surface area contributed by atoms with E-state index in [0.29, 0.717) is 11.1 Å². The molecule has 1 aromatic carbocycles. The number of hydrogen-bond donors (Lipinski definition) is 3. The van der Waals surface area contributed by atoms with E-state index in [-0.39, 0.29) is 18.0 Å². The molecular formula is C14H22N2O2. The summed E-state index contributed by atoms with van der Waals surface area (Å²) in [5, 5.41) is 15.8. The van der Waals surface area contributed by atoms with Crippen LogP contribution in [0.25, 0.3) is 0 Å². The van der Waals surface area contributed by atoms with Gasteiger partial charge in [0.15, 0.2) is 0 Å². The number of rotatable bonds is 5. The monoisotopic (exact) mass is 250 g/mol. The zero-order valence-corrected chi connectivity index (χ0v) is 11.4. The molecule has 0 aromatic heterocycles. The van der Waals surface area contributed by atoms with E-state index in [9.17, 15) is 9.90 Å². The molecule has 1 aromatic rings. The van der Waals surface area contributed by atoms with Crippen molar-refractivity contribution in [1.82, 2.24) is 10.6 Å². The van der Waals surface area contributed by atoms with Crippen molar-refractivity contribution in [1.29, 1.82) is 0 Å². The van der Waals surface area contributed by atoms with Crippen molar-refractivity contribution in [2.45, 2.75) is 46.0 Å². The van der Waals surface area contributed by atoms with E-state index in [1.165, 1.54) is 0 Å². The zero-order chi connectivity index (χ0) is 13.7. The summed E-state index contributed by atoms with van der Waals surface area (Å²) in [6.45, 7) is 7.74. The molecule has 0 bridgehead atoms. The number of aliphatic hydroxyl groups excluding tert-OH is 1. The molecular weight excluding hydrogens is 228 g/mol. The van der Waals surface area contributed by atoms with Crippen molar-refractivity contribution >= 4 is 5.91 Å². The number of aliphatic hydroxyl groups is 1. The van der Waals surface area contributed by atoms with Crippen molar-refractivity contribution in [2.24, 2.45) is 0 Å². The van der Waals surface area contributed by atoms with Crippen molar-refractivity contribution in [2.75, 3.05) is 0 Å². The van der Waals surface area contributed by atoms with Gasteiger partial charge in [0.05, 0.1) is 0 Å². The summed E-state index contributed by atoms with van der Waals surface area (Å²) in [7, 11) is 0. The Kier molecular flexibility index (Phi) is 5.31. The second-order valence-corrected chi connectivity index (χ2v) is 4.98. The van der Waals surface area contributed by atoms with Gasteiger partial charge in [-0.3, -0.25) is 10.1 Å². The van der Waals surface area contributed by atoms with Gasteiger partial charge in [0, 0.05) is 17.6 Å². The van der Waals surface area contributed by atoms with Crippen LogP contribution in [0.1, 0.15) is 49.8 Å². The van der Waals surface area contributed by atoms with Gasteiger partial charge in [-0.15, -0.1) is 0 Å². The fraction of sp³-hybridized carbons (Fsp3) is 0.500. The number of nitrogens with one attached hydrogen (secondary N) is 2. The van der Waals surface area contributed by atoms with E-state index >= 15 is 0 Å². The van der Waals surface area contributed by atoms with E-state index in [2.05, 4.69) is 10.6 Å². The number of hydrogen-bond acceptors (Lipinski definition) is 3. The van der Waals surface area contributed by atoms with Gasteiger partial charge < -0.3 is 10.4 Å². The second kappa shape index (κ2) is 6.52. The molecule has 0 aliphatic rings. The van der Waals surface area contributed by atoms with E-state index in [1.54, 1.807) is 24.3 Å². The first-order valence-corrected chi connectivity index (χ1v) is 6.25. The van der Waals surface area contributed by atoms with Crippen molar-refractivity contribution in [3.8, 4) is 0 Å². The maximum absolute atomic E-state index is 11.8. The molecule has 18 heavy (non-hydrogen) atoms. The van der Waals surface area contributed by atoms with Crippen LogP contribution < -0.4 is 10.6 Å². The Bertz CT molecular complexity index is 403. The van der Waals surface area contributed by atoms with Gasteiger partial charge in [-0.05, 0) is 45.4 Å². The minimum atomic E-state index is -0.753. The van der Waals surface area contributed by atoms with Gasteiger partial charge in [-0.1, -0.05) is 12.1 Å². The summed E-state index contributed by atoms with van der Waals surface area (Å²) in [5.41, 5.74) is 1.26. The molecule has 3 N–H and O–H groups in total. The molecule has 4 heteroatoms. The summed E-state index contributed by atoms with van der Waals surface area (Å²) in [5.74, 6) is -0.122. The fourth-order valence-electron chi connectivity index (χ4n) is 1.61. The smallest absolute Gasteiger partial charge is 0.251 e. The molecule has 1 atom stereocenters. The molecule has 0 saturated heterocycles. The Balaban J connectivity index is 2.82. The van der Waals surface area contributed by atoms with E-state index in [1.807, 2.05) is 27.7 Å². The lowest BCUT2D eigenvalue weighted by Crippen LogP contribution is -2.31. The third kappa shape index (κ3) is 4.47. The molecule has 0 aliphatic carbocycles. The first kappa shape index (κ1) is 14.7. The highest BCUT2D eigenvalue weighted by Gasteiger charge is 2.12. The summed E-state index contributed by atoms with van der Waals surface area (Å²) >= 11 is 0. The molecule has 0 fully saturated rings. The normalized spacial score (nSPS) is 12.8. The van der Waals surface area contributed by atoms with Crippen LogP contribution in [-0.4, -0.2) is 23.1 Å². The van der Waals surface area contributed by atoms with Gasteiger partial charge in [-0.2, -0.15) is 0 Å². The minimum Gasteiger partial charge on any atom is -0.374 e. The van der Waals surface area contributed by atoms with Gasteiger partial charge in [0.2, 0.25) is 0 Å². The summed E-state index contributed by atoms with van der Waals surface area (Å²) in [6, 6.07) is 7.29. The molecule has 1 amide bonds. The maximum Gasteiger partial charge on any atom is 0.251 e. The standard InChI is InChI=1S/C14H22N2O2/c1-9(2)15-13(17)11-6-5-7-12(8-11)14(18)16-10(3)4/h5-10,13,15,17H,1-4H3,(H,16,18). The Labute approximate surface area is 108 Å². The summed E-state index contributed by atoms with van der Waals surface area (Å²) < 4.78 is 0. The average molecular weight is 250 g/mol. The van der Waals surface area contributed by atoms with Gasteiger partial charge in [0.25, 0.3) is 5.91 Å². The highest BCUT2D eigenvalue weighted by molar-refractivity contribution is 5.94. The van der Waals surface area contributed by atoms with Gasteiger partial charge >= 0.3 is 0 Å². The largest absolute Gasteiger partial charge is 0.374 e. The maximum atomic E-state index is 11.8. The van der Waals surface area contributed by atoms with Crippen molar-refractivity contribution in [3.05, 3.63) is 35.4 Å². The van der Waals surface area contributed by atoms with Gasteiger partial charge in [-0.25, -0.2) is 0 Å². The average Bonchev–Trinajstić information content (AvgIpc) is 2.27. The van der Waals surface area contributed by atoms with E-state index in [4.69, 9.17) is 0 Å². The van der Waals surface area contributed by atoms with Crippen LogP contribution in [0.3, 0.4) is 0 Å².